The van der Waals surface area contributed by atoms with E-state index in [2.05, 4.69) is 27.2 Å². The van der Waals surface area contributed by atoms with Crippen LogP contribution in [0.5, 0.6) is 5.75 Å². The Balaban J connectivity index is 2.19. The van der Waals surface area contributed by atoms with Crippen molar-refractivity contribution in [2.75, 3.05) is 24.3 Å². The van der Waals surface area contributed by atoms with Gasteiger partial charge in [-0.3, -0.25) is 0 Å². The van der Waals surface area contributed by atoms with E-state index >= 15 is 0 Å². The van der Waals surface area contributed by atoms with E-state index in [-0.39, 0.29) is 0 Å². The number of rotatable bonds is 6. The van der Waals surface area contributed by atoms with Gasteiger partial charge < -0.3 is 15.4 Å². The molecule has 0 bridgehead atoms. The van der Waals surface area contributed by atoms with Crippen molar-refractivity contribution < 1.29 is 4.74 Å². The molecule has 0 unspecified atom stereocenters. The predicted molar refractivity (Wildman–Crippen MR) is 81.7 cm³/mol. The summed E-state index contributed by atoms with van der Waals surface area (Å²) in [5, 5.41) is 6.32. The molecule has 2 rings (SSSR count). The summed E-state index contributed by atoms with van der Waals surface area (Å²) in [4.78, 5) is 8.76. The van der Waals surface area contributed by atoms with Gasteiger partial charge in [0.2, 0.25) is 5.95 Å². The third-order valence-electron chi connectivity index (χ3n) is 2.61. The average Bonchev–Trinajstić information content (AvgIpc) is 2.44. The summed E-state index contributed by atoms with van der Waals surface area (Å²) in [5.41, 5.74) is 1.77. The number of aryl methyl sites for hydroxylation is 1. The van der Waals surface area contributed by atoms with E-state index in [1.165, 1.54) is 0 Å². The second kappa shape index (κ2) is 6.56. The van der Waals surface area contributed by atoms with Crippen LogP contribution in [-0.2, 0) is 0 Å². The van der Waals surface area contributed by atoms with Gasteiger partial charge in [-0.25, -0.2) is 4.98 Å². The Bertz CT molecular complexity index is 598. The number of anilines is 3. The lowest BCUT2D eigenvalue weighted by Gasteiger charge is -2.09. The van der Waals surface area contributed by atoms with Crippen LogP contribution in [0.1, 0.15) is 5.69 Å². The predicted octanol–water partition coefficient (Wildman–Crippen LogP) is 3.14. The van der Waals surface area contributed by atoms with Crippen molar-refractivity contribution >= 4 is 17.5 Å². The molecule has 2 N–H and O–H groups in total. The molecule has 20 heavy (non-hydrogen) atoms. The maximum absolute atomic E-state index is 5.19. The zero-order valence-corrected chi connectivity index (χ0v) is 11.7. The lowest BCUT2D eigenvalue weighted by Crippen LogP contribution is -2.05. The molecule has 2 aromatic rings. The van der Waals surface area contributed by atoms with E-state index < -0.39 is 0 Å². The van der Waals surface area contributed by atoms with Crippen LogP contribution in [-0.4, -0.2) is 23.6 Å². The Kier molecular flexibility index (Phi) is 4.55. The largest absolute Gasteiger partial charge is 0.497 e. The number of nitrogens with one attached hydrogen (secondary N) is 2. The second-order valence-electron chi connectivity index (χ2n) is 4.24. The van der Waals surface area contributed by atoms with Crippen LogP contribution in [0.15, 0.2) is 43.0 Å². The van der Waals surface area contributed by atoms with Gasteiger partial charge in [0.15, 0.2) is 0 Å². The molecule has 0 saturated carbocycles. The molecule has 5 heteroatoms. The van der Waals surface area contributed by atoms with Gasteiger partial charge >= 0.3 is 0 Å². The normalized spacial score (nSPS) is 9.90. The molecule has 1 aromatic heterocycles. The monoisotopic (exact) mass is 270 g/mol. The number of hydrogen-bond acceptors (Lipinski definition) is 5. The fourth-order valence-electron chi connectivity index (χ4n) is 1.72. The Labute approximate surface area is 118 Å². The van der Waals surface area contributed by atoms with Gasteiger partial charge in [-0.1, -0.05) is 12.1 Å². The highest BCUT2D eigenvalue weighted by Gasteiger charge is 2.03. The van der Waals surface area contributed by atoms with Crippen molar-refractivity contribution in [2.24, 2.45) is 0 Å². The summed E-state index contributed by atoms with van der Waals surface area (Å²) < 4.78 is 5.19. The summed E-state index contributed by atoms with van der Waals surface area (Å²) in [6.45, 7) is 6.26. The van der Waals surface area contributed by atoms with Crippen LogP contribution in [0.3, 0.4) is 0 Å². The summed E-state index contributed by atoms with van der Waals surface area (Å²) in [6, 6.07) is 9.51. The van der Waals surface area contributed by atoms with Crippen LogP contribution >= 0.6 is 0 Å². The molecule has 0 spiro atoms. The number of benzene rings is 1. The lowest BCUT2D eigenvalue weighted by molar-refractivity contribution is 0.415. The smallest absolute Gasteiger partial charge is 0.229 e. The lowest BCUT2D eigenvalue weighted by atomic mass is 10.3. The molecule has 0 amide bonds. The quantitative estimate of drug-likeness (QED) is 0.790. The minimum absolute atomic E-state index is 0.546. The molecule has 0 atom stereocenters. The molecule has 1 heterocycles. The molecule has 5 nitrogen and oxygen atoms in total. The van der Waals surface area contributed by atoms with Crippen molar-refractivity contribution in [1.82, 2.24) is 9.97 Å². The zero-order valence-electron chi connectivity index (χ0n) is 11.7. The standard InChI is InChI=1S/C15H18N4O/c1-4-8-16-14-9-11(2)17-15(19-14)18-12-6-5-7-13(10-12)20-3/h4-7,9-10H,1,8H2,2-3H3,(H2,16,17,18,19). The first-order valence-electron chi connectivity index (χ1n) is 6.33. The van der Waals surface area contributed by atoms with Crippen molar-refractivity contribution in [1.29, 1.82) is 0 Å². The first-order chi connectivity index (χ1) is 9.71. The van der Waals surface area contributed by atoms with Crippen molar-refractivity contribution in [2.45, 2.75) is 6.92 Å². The molecule has 0 fully saturated rings. The van der Waals surface area contributed by atoms with Crippen LogP contribution < -0.4 is 15.4 Å². The highest BCUT2D eigenvalue weighted by atomic mass is 16.5. The van der Waals surface area contributed by atoms with Gasteiger partial charge in [0, 0.05) is 30.1 Å². The van der Waals surface area contributed by atoms with Crippen molar-refractivity contribution in [3.63, 3.8) is 0 Å². The summed E-state index contributed by atoms with van der Waals surface area (Å²) in [7, 11) is 1.64. The van der Waals surface area contributed by atoms with Gasteiger partial charge in [-0.05, 0) is 19.1 Å². The van der Waals surface area contributed by atoms with Crippen LogP contribution in [0.2, 0.25) is 0 Å². The van der Waals surface area contributed by atoms with Crippen LogP contribution in [0, 0.1) is 6.92 Å². The fourth-order valence-corrected chi connectivity index (χ4v) is 1.72. The van der Waals surface area contributed by atoms with Gasteiger partial charge in [0.05, 0.1) is 7.11 Å². The molecular formula is C15H18N4O. The number of hydrogen-bond donors (Lipinski definition) is 2. The van der Waals surface area contributed by atoms with Crippen LogP contribution in [0.4, 0.5) is 17.5 Å². The van der Waals surface area contributed by atoms with Crippen LogP contribution in [0.25, 0.3) is 0 Å². The first kappa shape index (κ1) is 13.9. The van der Waals surface area contributed by atoms with E-state index in [0.29, 0.717) is 12.5 Å². The highest BCUT2D eigenvalue weighted by Crippen LogP contribution is 2.20. The third-order valence-corrected chi connectivity index (χ3v) is 2.61. The SMILES string of the molecule is C=CCNc1cc(C)nc(Nc2cccc(OC)c2)n1. The zero-order chi connectivity index (χ0) is 14.4. The molecule has 1 aromatic carbocycles. The Morgan fingerprint density at radius 2 is 2.15 bits per heavy atom. The van der Waals surface area contributed by atoms with Crippen molar-refractivity contribution in [3.8, 4) is 5.75 Å². The minimum atomic E-state index is 0.546. The highest BCUT2D eigenvalue weighted by molar-refractivity contribution is 5.57. The molecule has 0 aliphatic carbocycles. The van der Waals surface area contributed by atoms with Gasteiger partial charge in [-0.15, -0.1) is 6.58 Å². The van der Waals surface area contributed by atoms with E-state index in [1.54, 1.807) is 13.2 Å². The topological polar surface area (TPSA) is 59.1 Å². The van der Waals surface area contributed by atoms with Gasteiger partial charge in [-0.2, -0.15) is 4.98 Å². The maximum Gasteiger partial charge on any atom is 0.229 e. The van der Waals surface area contributed by atoms with E-state index in [9.17, 15) is 0 Å². The second-order valence-corrected chi connectivity index (χ2v) is 4.24. The average molecular weight is 270 g/mol. The summed E-state index contributed by atoms with van der Waals surface area (Å²) in [5.74, 6) is 2.10. The Morgan fingerprint density at radius 1 is 1.30 bits per heavy atom. The minimum Gasteiger partial charge on any atom is -0.497 e. The number of nitrogens with zero attached hydrogens (tertiary/aromatic N) is 2. The Morgan fingerprint density at radius 3 is 2.90 bits per heavy atom. The molecule has 0 aliphatic rings. The Hall–Kier alpha value is -2.56. The maximum atomic E-state index is 5.19. The fraction of sp³-hybridized carbons (Fsp3) is 0.200. The molecule has 0 saturated heterocycles. The molecular weight excluding hydrogens is 252 g/mol. The van der Waals surface area contributed by atoms with Gasteiger partial charge in [0.25, 0.3) is 0 Å². The van der Waals surface area contributed by atoms with E-state index in [0.717, 1.165) is 22.9 Å². The number of aromatic nitrogens is 2. The third kappa shape index (κ3) is 3.71. The van der Waals surface area contributed by atoms with E-state index in [4.69, 9.17) is 4.74 Å². The number of ether oxygens (including phenoxy) is 1. The summed E-state index contributed by atoms with van der Waals surface area (Å²) >= 11 is 0. The first-order valence-corrected chi connectivity index (χ1v) is 6.33. The van der Waals surface area contributed by atoms with E-state index in [1.807, 2.05) is 37.3 Å². The number of methoxy groups -OCH3 is 1. The molecule has 104 valence electrons. The van der Waals surface area contributed by atoms with Gasteiger partial charge in [0.1, 0.15) is 11.6 Å². The molecule has 0 radical (unpaired) electrons. The molecule has 0 aliphatic heterocycles. The van der Waals surface area contributed by atoms with Crippen molar-refractivity contribution in [3.05, 3.63) is 48.7 Å². The summed E-state index contributed by atoms with van der Waals surface area (Å²) in [6.07, 6.45) is 1.78.